The Labute approximate surface area is 155 Å². The molecule has 1 aromatic carbocycles. The Balaban J connectivity index is 1.45. The number of fused-ring (bicyclic) bond motifs is 1. The number of halogens is 1. The molecule has 2 amide bonds. The number of nitrogens with zero attached hydrogens (tertiary/aromatic N) is 1. The van der Waals surface area contributed by atoms with Gasteiger partial charge in [0.05, 0.1) is 11.1 Å². The van der Waals surface area contributed by atoms with Gasteiger partial charge in [-0.05, 0) is 31.0 Å². The van der Waals surface area contributed by atoms with Crippen LogP contribution in [0.4, 0.5) is 4.39 Å². The molecule has 2 heterocycles. The summed E-state index contributed by atoms with van der Waals surface area (Å²) < 4.78 is 13.4. The van der Waals surface area contributed by atoms with E-state index >= 15 is 0 Å². The third kappa shape index (κ3) is 3.59. The van der Waals surface area contributed by atoms with E-state index in [1.807, 2.05) is 4.90 Å². The summed E-state index contributed by atoms with van der Waals surface area (Å²) in [6, 6.07) is 5.51. The number of aromatic amines is 1. The van der Waals surface area contributed by atoms with Gasteiger partial charge in [-0.25, -0.2) is 4.39 Å². The Bertz CT molecular complexity index is 949. The lowest BCUT2D eigenvalue weighted by Gasteiger charge is -2.24. The molecule has 0 bridgehead atoms. The van der Waals surface area contributed by atoms with Crippen molar-refractivity contribution < 1.29 is 14.0 Å². The van der Waals surface area contributed by atoms with Crippen molar-refractivity contribution in [1.29, 1.82) is 0 Å². The summed E-state index contributed by atoms with van der Waals surface area (Å²) in [5.41, 5.74) is 0.0449. The van der Waals surface area contributed by atoms with Crippen molar-refractivity contribution in [2.24, 2.45) is 5.92 Å². The maximum Gasteiger partial charge on any atom is 0.252 e. The van der Waals surface area contributed by atoms with Gasteiger partial charge in [0.25, 0.3) is 5.91 Å². The Hall–Kier alpha value is -2.70. The van der Waals surface area contributed by atoms with E-state index in [9.17, 15) is 18.8 Å². The highest BCUT2D eigenvalue weighted by Crippen LogP contribution is 2.29. The summed E-state index contributed by atoms with van der Waals surface area (Å²) in [5.74, 6) is -0.623. The minimum Gasteiger partial charge on any atom is -0.352 e. The summed E-state index contributed by atoms with van der Waals surface area (Å²) in [7, 11) is 0. The molecule has 1 aliphatic heterocycles. The highest BCUT2D eigenvalue weighted by Gasteiger charge is 2.35. The van der Waals surface area contributed by atoms with E-state index in [2.05, 4.69) is 10.3 Å². The van der Waals surface area contributed by atoms with Gasteiger partial charge < -0.3 is 15.2 Å². The molecular weight excluding hydrogens is 349 g/mol. The van der Waals surface area contributed by atoms with Crippen molar-refractivity contribution in [3.8, 4) is 0 Å². The van der Waals surface area contributed by atoms with Crippen molar-refractivity contribution in [2.45, 2.75) is 38.1 Å². The average molecular weight is 371 g/mol. The molecule has 7 heteroatoms. The van der Waals surface area contributed by atoms with Gasteiger partial charge in [0.2, 0.25) is 11.5 Å². The molecule has 0 radical (unpaired) electrons. The zero-order valence-electron chi connectivity index (χ0n) is 15.0. The van der Waals surface area contributed by atoms with E-state index in [0.717, 1.165) is 12.8 Å². The predicted octanol–water partition coefficient (Wildman–Crippen LogP) is 2.19. The van der Waals surface area contributed by atoms with Gasteiger partial charge in [-0.3, -0.25) is 14.4 Å². The van der Waals surface area contributed by atoms with Crippen LogP contribution in [0.3, 0.4) is 0 Å². The van der Waals surface area contributed by atoms with Gasteiger partial charge in [-0.2, -0.15) is 0 Å². The molecule has 1 aromatic heterocycles. The number of aromatic nitrogens is 1. The fraction of sp³-hybridized carbons (Fsp3) is 0.450. The van der Waals surface area contributed by atoms with Gasteiger partial charge >= 0.3 is 0 Å². The molecule has 0 spiro atoms. The van der Waals surface area contributed by atoms with Gasteiger partial charge in [-0.15, -0.1) is 0 Å². The SMILES string of the molecule is O=C(NCC1CC(=O)N(C2CCCC2)C1)c1cc(=O)[nH]c2cc(F)ccc12. The van der Waals surface area contributed by atoms with E-state index in [1.165, 1.54) is 37.1 Å². The molecule has 6 nitrogen and oxygen atoms in total. The molecule has 142 valence electrons. The van der Waals surface area contributed by atoms with Crippen LogP contribution in [-0.4, -0.2) is 40.8 Å². The van der Waals surface area contributed by atoms with Crippen molar-refractivity contribution in [1.82, 2.24) is 15.2 Å². The number of nitrogens with one attached hydrogen (secondary N) is 2. The second kappa shape index (κ2) is 7.13. The number of hydrogen-bond acceptors (Lipinski definition) is 3. The first-order valence-electron chi connectivity index (χ1n) is 9.41. The zero-order chi connectivity index (χ0) is 19.0. The molecule has 1 atom stereocenters. The number of pyridine rings is 1. The molecule has 4 rings (SSSR count). The molecule has 2 aromatic rings. The van der Waals surface area contributed by atoms with Gasteiger partial charge in [0.1, 0.15) is 5.82 Å². The normalized spacial score (nSPS) is 20.6. The molecule has 27 heavy (non-hydrogen) atoms. The standard InChI is InChI=1S/C20H22FN3O3/c21-13-5-6-15-16(9-18(25)23-17(15)8-13)20(27)22-10-12-7-19(26)24(11-12)14-3-1-2-4-14/h5-6,8-9,12,14H,1-4,7,10-11H2,(H,22,27)(H,23,25). The highest BCUT2D eigenvalue weighted by molar-refractivity contribution is 6.05. The molecule has 1 aliphatic carbocycles. The average Bonchev–Trinajstić information content (AvgIpc) is 3.27. The third-order valence-corrected chi connectivity index (χ3v) is 5.61. The fourth-order valence-electron chi connectivity index (χ4n) is 4.27. The number of amides is 2. The Morgan fingerprint density at radius 1 is 1.22 bits per heavy atom. The van der Waals surface area contributed by atoms with Gasteiger partial charge in [-0.1, -0.05) is 12.8 Å². The molecule has 2 N–H and O–H groups in total. The van der Waals surface area contributed by atoms with Crippen molar-refractivity contribution in [2.75, 3.05) is 13.1 Å². The van der Waals surface area contributed by atoms with Crippen LogP contribution in [0.5, 0.6) is 0 Å². The number of rotatable bonds is 4. The summed E-state index contributed by atoms with van der Waals surface area (Å²) >= 11 is 0. The molecule has 2 fully saturated rings. The van der Waals surface area contributed by atoms with E-state index in [4.69, 9.17) is 0 Å². The minimum atomic E-state index is -0.479. The van der Waals surface area contributed by atoms with Crippen LogP contribution in [0.25, 0.3) is 10.9 Å². The third-order valence-electron chi connectivity index (χ3n) is 5.61. The van der Waals surface area contributed by atoms with E-state index in [1.54, 1.807) is 0 Å². The van der Waals surface area contributed by atoms with Crippen molar-refractivity contribution >= 4 is 22.7 Å². The summed E-state index contributed by atoms with van der Waals surface area (Å²) in [6.45, 7) is 1.05. The van der Waals surface area contributed by atoms with Crippen LogP contribution in [0.1, 0.15) is 42.5 Å². The summed E-state index contributed by atoms with van der Waals surface area (Å²) in [6.07, 6.45) is 4.93. The smallest absolute Gasteiger partial charge is 0.252 e. The molecule has 1 unspecified atom stereocenters. The first kappa shape index (κ1) is 17.7. The lowest BCUT2D eigenvalue weighted by Crippen LogP contribution is -2.36. The maximum atomic E-state index is 13.4. The second-order valence-electron chi connectivity index (χ2n) is 7.50. The Kier molecular flexibility index (Phi) is 4.68. The lowest BCUT2D eigenvalue weighted by atomic mass is 10.1. The highest BCUT2D eigenvalue weighted by atomic mass is 19.1. The predicted molar refractivity (Wildman–Crippen MR) is 98.9 cm³/mol. The van der Waals surface area contributed by atoms with E-state index < -0.39 is 11.4 Å². The molecule has 1 saturated carbocycles. The van der Waals surface area contributed by atoms with Crippen LogP contribution in [0, 0.1) is 11.7 Å². The molecular formula is C20H22FN3O3. The van der Waals surface area contributed by atoms with Gasteiger partial charge in [0, 0.05) is 42.9 Å². The number of benzene rings is 1. The first-order valence-corrected chi connectivity index (χ1v) is 9.41. The largest absolute Gasteiger partial charge is 0.352 e. The number of carbonyl (C=O) groups excluding carboxylic acids is 2. The zero-order valence-corrected chi connectivity index (χ0v) is 15.0. The van der Waals surface area contributed by atoms with Crippen molar-refractivity contribution in [3.63, 3.8) is 0 Å². The number of carbonyl (C=O) groups is 2. The van der Waals surface area contributed by atoms with E-state index in [-0.39, 0.29) is 28.8 Å². The van der Waals surface area contributed by atoms with Crippen LogP contribution >= 0.6 is 0 Å². The summed E-state index contributed by atoms with van der Waals surface area (Å²) in [4.78, 5) is 41.2. The van der Waals surface area contributed by atoms with Gasteiger partial charge in [0.15, 0.2) is 0 Å². The van der Waals surface area contributed by atoms with Crippen LogP contribution in [-0.2, 0) is 4.79 Å². The molecule has 2 aliphatic rings. The fourth-order valence-corrected chi connectivity index (χ4v) is 4.27. The van der Waals surface area contributed by atoms with Crippen LogP contribution in [0.15, 0.2) is 29.1 Å². The van der Waals surface area contributed by atoms with E-state index in [0.29, 0.717) is 30.9 Å². The Morgan fingerprint density at radius 2 is 2.00 bits per heavy atom. The quantitative estimate of drug-likeness (QED) is 0.864. The van der Waals surface area contributed by atoms with Crippen LogP contribution in [0.2, 0.25) is 0 Å². The number of H-pyrrole nitrogens is 1. The number of hydrogen-bond donors (Lipinski definition) is 2. The van der Waals surface area contributed by atoms with Crippen LogP contribution < -0.4 is 10.9 Å². The second-order valence-corrected chi connectivity index (χ2v) is 7.50. The maximum absolute atomic E-state index is 13.4. The Morgan fingerprint density at radius 3 is 2.78 bits per heavy atom. The summed E-state index contributed by atoms with van der Waals surface area (Å²) in [5, 5.41) is 3.33. The monoisotopic (exact) mass is 371 g/mol. The van der Waals surface area contributed by atoms with Crippen molar-refractivity contribution in [3.05, 3.63) is 46.0 Å². The first-order chi connectivity index (χ1) is 13.0. The molecule has 1 saturated heterocycles. The lowest BCUT2D eigenvalue weighted by molar-refractivity contribution is -0.129. The topological polar surface area (TPSA) is 82.3 Å². The minimum absolute atomic E-state index is 0.0766. The number of likely N-dealkylation sites (tertiary alicyclic amines) is 1.